The molecule has 1 saturated carbocycles. The maximum atomic E-state index is 13.1. The summed E-state index contributed by atoms with van der Waals surface area (Å²) in [6.45, 7) is 5.33. The van der Waals surface area contributed by atoms with Crippen LogP contribution >= 0.6 is 11.8 Å². The molecule has 1 aliphatic carbocycles. The number of carbonyl (C=O) groups excluding carboxylic acids is 1. The summed E-state index contributed by atoms with van der Waals surface area (Å²) in [7, 11) is 1.65. The summed E-state index contributed by atoms with van der Waals surface area (Å²) < 4.78 is 6.94. The van der Waals surface area contributed by atoms with Gasteiger partial charge in [-0.05, 0) is 54.8 Å². The molecule has 7 nitrogen and oxygen atoms in total. The monoisotopic (exact) mass is 403 g/mol. The van der Waals surface area contributed by atoms with Crippen molar-refractivity contribution >= 4 is 17.7 Å². The highest BCUT2D eigenvalue weighted by atomic mass is 32.2. The van der Waals surface area contributed by atoms with Gasteiger partial charge in [-0.3, -0.25) is 4.79 Å². The van der Waals surface area contributed by atoms with E-state index in [1.54, 1.807) is 11.8 Å². The Bertz CT molecular complexity index is 758. The fourth-order valence-corrected chi connectivity index (χ4v) is 4.57. The fraction of sp³-hybridized carbons (Fsp3) is 0.600. The van der Waals surface area contributed by atoms with Gasteiger partial charge in [-0.25, -0.2) is 4.68 Å². The minimum Gasteiger partial charge on any atom is -0.497 e. The van der Waals surface area contributed by atoms with Crippen molar-refractivity contribution in [1.82, 2.24) is 25.1 Å². The molecule has 8 heteroatoms. The number of tetrazole rings is 1. The van der Waals surface area contributed by atoms with E-state index in [9.17, 15) is 4.79 Å². The Morgan fingerprint density at radius 3 is 2.64 bits per heavy atom. The van der Waals surface area contributed by atoms with Gasteiger partial charge < -0.3 is 9.64 Å². The van der Waals surface area contributed by atoms with Crippen molar-refractivity contribution in [1.29, 1.82) is 0 Å². The van der Waals surface area contributed by atoms with Gasteiger partial charge in [0.2, 0.25) is 11.1 Å². The lowest BCUT2D eigenvalue weighted by molar-refractivity contribution is -0.133. The molecule has 1 atom stereocenters. The highest BCUT2D eigenvalue weighted by Gasteiger charge is 2.29. The Kier molecular flexibility index (Phi) is 7.30. The number of methoxy groups -OCH3 is 1. The standard InChI is InChI=1S/C20H29N5O2S/c1-4-24(17-8-6-5-7-9-17)19(26)15(2)28-20-21-22-23-25(20)14-16-10-12-18(27-3)13-11-16/h10-13,15,17H,4-9,14H2,1-3H3. The Hall–Kier alpha value is -2.09. The number of ether oxygens (including phenoxy) is 1. The van der Waals surface area contributed by atoms with Crippen LogP contribution in [0.4, 0.5) is 0 Å². The number of nitrogens with zero attached hydrogens (tertiary/aromatic N) is 5. The molecular formula is C20H29N5O2S. The molecular weight excluding hydrogens is 374 g/mol. The largest absolute Gasteiger partial charge is 0.497 e. The normalized spacial score (nSPS) is 16.0. The molecule has 0 spiro atoms. The maximum Gasteiger partial charge on any atom is 0.236 e. The highest BCUT2D eigenvalue weighted by Crippen LogP contribution is 2.27. The van der Waals surface area contributed by atoms with Gasteiger partial charge in [-0.1, -0.05) is 43.2 Å². The summed E-state index contributed by atoms with van der Waals surface area (Å²) in [6, 6.07) is 8.20. The zero-order chi connectivity index (χ0) is 19.9. The van der Waals surface area contributed by atoms with E-state index in [1.165, 1.54) is 31.0 Å². The quantitative estimate of drug-likeness (QED) is 0.629. The zero-order valence-corrected chi connectivity index (χ0v) is 17.7. The molecule has 0 saturated heterocycles. The van der Waals surface area contributed by atoms with Crippen LogP contribution in [0, 0.1) is 0 Å². The van der Waals surface area contributed by atoms with Crippen molar-refractivity contribution in [2.45, 2.75) is 68.9 Å². The van der Waals surface area contributed by atoms with Crippen LogP contribution in [0.5, 0.6) is 5.75 Å². The molecule has 0 aliphatic heterocycles. The molecule has 1 heterocycles. The van der Waals surface area contributed by atoms with Crippen molar-refractivity contribution in [2.75, 3.05) is 13.7 Å². The predicted octanol–water partition coefficient (Wildman–Crippen LogP) is 3.39. The van der Waals surface area contributed by atoms with Crippen molar-refractivity contribution in [3.05, 3.63) is 29.8 Å². The zero-order valence-electron chi connectivity index (χ0n) is 16.9. The maximum absolute atomic E-state index is 13.1. The Morgan fingerprint density at radius 1 is 1.29 bits per heavy atom. The van der Waals surface area contributed by atoms with E-state index in [2.05, 4.69) is 27.3 Å². The van der Waals surface area contributed by atoms with Crippen molar-refractivity contribution in [3.8, 4) is 5.75 Å². The minimum absolute atomic E-state index is 0.179. The van der Waals surface area contributed by atoms with Crippen LogP contribution in [0.3, 0.4) is 0 Å². The number of thioether (sulfide) groups is 1. The van der Waals surface area contributed by atoms with Gasteiger partial charge in [0.05, 0.1) is 18.9 Å². The molecule has 1 aromatic carbocycles. The minimum atomic E-state index is -0.220. The average Bonchev–Trinajstić information content (AvgIpc) is 3.16. The Labute approximate surface area is 170 Å². The SMILES string of the molecule is CCN(C(=O)C(C)Sc1nnnn1Cc1ccc(OC)cc1)C1CCCCC1. The lowest BCUT2D eigenvalue weighted by Gasteiger charge is -2.35. The Morgan fingerprint density at radius 2 is 2.00 bits per heavy atom. The second-order valence-electron chi connectivity index (χ2n) is 7.14. The fourth-order valence-electron chi connectivity index (χ4n) is 3.71. The molecule has 1 fully saturated rings. The van der Waals surface area contributed by atoms with Gasteiger partial charge in [0, 0.05) is 12.6 Å². The summed E-state index contributed by atoms with van der Waals surface area (Å²) in [5.41, 5.74) is 1.08. The van der Waals surface area contributed by atoms with Crippen LogP contribution in [-0.4, -0.2) is 56.0 Å². The molecule has 1 amide bonds. The third-order valence-electron chi connectivity index (χ3n) is 5.26. The van der Waals surface area contributed by atoms with Crippen LogP contribution in [0.15, 0.2) is 29.4 Å². The highest BCUT2D eigenvalue weighted by molar-refractivity contribution is 8.00. The van der Waals surface area contributed by atoms with E-state index in [-0.39, 0.29) is 11.2 Å². The number of amides is 1. The molecule has 28 heavy (non-hydrogen) atoms. The van der Waals surface area contributed by atoms with Crippen LogP contribution in [-0.2, 0) is 11.3 Å². The third-order valence-corrected chi connectivity index (χ3v) is 6.32. The van der Waals surface area contributed by atoms with E-state index >= 15 is 0 Å². The van der Waals surface area contributed by atoms with Crippen LogP contribution in [0.1, 0.15) is 51.5 Å². The first kappa shape index (κ1) is 20.6. The molecule has 1 unspecified atom stereocenters. The lowest BCUT2D eigenvalue weighted by atomic mass is 9.94. The van der Waals surface area contributed by atoms with Gasteiger partial charge >= 0.3 is 0 Å². The van der Waals surface area contributed by atoms with Gasteiger partial charge in [-0.15, -0.1) is 5.10 Å². The van der Waals surface area contributed by atoms with Crippen molar-refractivity contribution in [2.24, 2.45) is 0 Å². The van der Waals surface area contributed by atoms with Crippen LogP contribution in [0.25, 0.3) is 0 Å². The summed E-state index contributed by atoms with van der Waals surface area (Å²) in [5.74, 6) is 0.995. The van der Waals surface area contributed by atoms with Gasteiger partial charge in [0.25, 0.3) is 0 Å². The smallest absolute Gasteiger partial charge is 0.236 e. The topological polar surface area (TPSA) is 73.1 Å². The number of benzene rings is 1. The summed E-state index contributed by atoms with van der Waals surface area (Å²) in [6.07, 6.45) is 5.96. The molecule has 1 aromatic heterocycles. The van der Waals surface area contributed by atoms with Crippen molar-refractivity contribution in [3.63, 3.8) is 0 Å². The first-order chi connectivity index (χ1) is 13.6. The van der Waals surface area contributed by atoms with Crippen molar-refractivity contribution < 1.29 is 9.53 Å². The first-order valence-corrected chi connectivity index (χ1v) is 10.9. The van der Waals surface area contributed by atoms with E-state index in [1.807, 2.05) is 31.2 Å². The molecule has 1 aliphatic rings. The number of hydrogen-bond donors (Lipinski definition) is 0. The molecule has 0 N–H and O–H groups in total. The van der Waals surface area contributed by atoms with Gasteiger partial charge in [0.15, 0.2) is 0 Å². The molecule has 0 radical (unpaired) electrons. The molecule has 3 rings (SSSR count). The summed E-state index contributed by atoms with van der Waals surface area (Å²) in [4.78, 5) is 15.1. The summed E-state index contributed by atoms with van der Waals surface area (Å²) >= 11 is 1.43. The van der Waals surface area contributed by atoms with E-state index in [4.69, 9.17) is 4.74 Å². The van der Waals surface area contributed by atoms with Gasteiger partial charge in [-0.2, -0.15) is 0 Å². The van der Waals surface area contributed by atoms with Crippen LogP contribution in [0.2, 0.25) is 0 Å². The number of carbonyl (C=O) groups is 1. The van der Waals surface area contributed by atoms with Gasteiger partial charge in [0.1, 0.15) is 5.75 Å². The number of hydrogen-bond acceptors (Lipinski definition) is 6. The second kappa shape index (κ2) is 9.91. The molecule has 0 bridgehead atoms. The summed E-state index contributed by atoms with van der Waals surface area (Å²) in [5, 5.41) is 12.5. The number of rotatable bonds is 8. The predicted molar refractivity (Wildman–Crippen MR) is 109 cm³/mol. The van der Waals surface area contributed by atoms with E-state index < -0.39 is 0 Å². The number of aromatic nitrogens is 4. The van der Waals surface area contributed by atoms with E-state index in [0.29, 0.717) is 17.7 Å². The van der Waals surface area contributed by atoms with E-state index in [0.717, 1.165) is 30.7 Å². The third kappa shape index (κ3) is 5.04. The molecule has 2 aromatic rings. The second-order valence-corrected chi connectivity index (χ2v) is 8.45. The average molecular weight is 404 g/mol. The first-order valence-electron chi connectivity index (χ1n) is 9.98. The lowest BCUT2D eigenvalue weighted by Crippen LogP contribution is -2.44. The molecule has 152 valence electrons. The Balaban J connectivity index is 1.64. The van der Waals surface area contributed by atoms with Crippen LogP contribution < -0.4 is 4.74 Å².